The van der Waals surface area contributed by atoms with Gasteiger partial charge in [0.2, 0.25) is 0 Å². The molecular weight excluding hydrogens is 412 g/mol. The molecule has 1 nitrogen and oxygen atoms in total. The number of hydrogen-bond donors (Lipinski definition) is 0. The number of hydrogen-bond acceptors (Lipinski definition) is 1. The minimum absolute atomic E-state index is 0.116. The molecule has 0 amide bonds. The molecule has 0 spiro atoms. The highest BCUT2D eigenvalue weighted by Gasteiger charge is 2.18. The van der Waals surface area contributed by atoms with Crippen LogP contribution < -0.4 is 4.74 Å². The molecule has 4 heteroatoms. The van der Waals surface area contributed by atoms with E-state index in [1.807, 2.05) is 42.5 Å². The molecular formula is C13H9Br3O. The van der Waals surface area contributed by atoms with Crippen molar-refractivity contribution in [3.8, 4) is 5.75 Å². The zero-order valence-electron chi connectivity index (χ0n) is 8.74. The smallest absolute Gasteiger partial charge is 0.126 e. The first-order chi connectivity index (χ1) is 8.18. The molecule has 1 aromatic carbocycles. The first-order valence-electron chi connectivity index (χ1n) is 4.97. The molecule has 17 heavy (non-hydrogen) atoms. The van der Waals surface area contributed by atoms with Gasteiger partial charge in [0.15, 0.2) is 0 Å². The average Bonchev–Trinajstić information content (AvgIpc) is 2.36. The Hall–Kier alpha value is -0.320. The van der Waals surface area contributed by atoms with Crippen LogP contribution in [0.15, 0.2) is 63.3 Å². The van der Waals surface area contributed by atoms with E-state index in [1.54, 1.807) is 6.26 Å². The molecule has 1 unspecified atom stereocenters. The predicted molar refractivity (Wildman–Crippen MR) is 81.9 cm³/mol. The molecule has 0 saturated carbocycles. The molecule has 1 aliphatic carbocycles. The molecule has 1 aromatic rings. The minimum atomic E-state index is 0.116. The Kier molecular flexibility index (Phi) is 4.65. The second kappa shape index (κ2) is 6.03. The highest BCUT2D eigenvalue weighted by Crippen LogP contribution is 2.36. The zero-order valence-corrected chi connectivity index (χ0v) is 13.5. The van der Waals surface area contributed by atoms with Crippen LogP contribution in [-0.2, 0) is 0 Å². The van der Waals surface area contributed by atoms with Gasteiger partial charge in [0.1, 0.15) is 5.75 Å². The lowest BCUT2D eigenvalue weighted by molar-refractivity contribution is 0.476. The van der Waals surface area contributed by atoms with E-state index >= 15 is 0 Å². The van der Waals surface area contributed by atoms with Gasteiger partial charge in [0, 0.05) is 14.5 Å². The van der Waals surface area contributed by atoms with Gasteiger partial charge in [-0.25, -0.2) is 0 Å². The van der Waals surface area contributed by atoms with Crippen LogP contribution in [0.3, 0.4) is 0 Å². The normalized spacial score (nSPS) is 22.1. The molecule has 0 bridgehead atoms. The van der Waals surface area contributed by atoms with Crippen molar-refractivity contribution in [3.63, 3.8) is 0 Å². The molecule has 0 N–H and O–H groups in total. The van der Waals surface area contributed by atoms with Gasteiger partial charge in [-0.05, 0) is 34.1 Å². The Morgan fingerprint density at radius 1 is 1.06 bits per heavy atom. The number of rotatable bonds is 2. The van der Waals surface area contributed by atoms with Gasteiger partial charge in [0.05, 0.1) is 11.1 Å². The van der Waals surface area contributed by atoms with Crippen molar-refractivity contribution >= 4 is 47.8 Å². The SMILES string of the molecule is BrC1=C(Br)C(Br)C(=COc2ccccc2)C=C1. The standard InChI is InChI=1S/C13H9Br3O/c14-11-7-6-9(12(15)13(11)16)8-17-10-4-2-1-3-5-10/h1-8,12H. The summed E-state index contributed by atoms with van der Waals surface area (Å²) in [5.41, 5.74) is 1.06. The van der Waals surface area contributed by atoms with Gasteiger partial charge in [-0.15, -0.1) is 0 Å². The quantitative estimate of drug-likeness (QED) is 0.467. The van der Waals surface area contributed by atoms with Gasteiger partial charge in [-0.2, -0.15) is 0 Å². The summed E-state index contributed by atoms with van der Waals surface area (Å²) in [6, 6.07) is 9.71. The van der Waals surface area contributed by atoms with Crippen LogP contribution in [0.25, 0.3) is 0 Å². The summed E-state index contributed by atoms with van der Waals surface area (Å²) in [5, 5.41) is 0. The van der Waals surface area contributed by atoms with Gasteiger partial charge < -0.3 is 4.74 Å². The molecule has 0 aromatic heterocycles. The largest absolute Gasteiger partial charge is 0.465 e. The minimum Gasteiger partial charge on any atom is -0.465 e. The fraction of sp³-hybridized carbons (Fsp3) is 0.0769. The van der Waals surface area contributed by atoms with Crippen LogP contribution >= 0.6 is 47.8 Å². The van der Waals surface area contributed by atoms with Crippen molar-refractivity contribution < 1.29 is 4.74 Å². The van der Waals surface area contributed by atoms with Crippen molar-refractivity contribution in [2.24, 2.45) is 0 Å². The molecule has 0 saturated heterocycles. The maximum absolute atomic E-state index is 5.60. The third-order valence-electron chi connectivity index (χ3n) is 2.24. The lowest BCUT2D eigenvalue weighted by atomic mass is 10.1. The third kappa shape index (κ3) is 3.33. The summed E-state index contributed by atoms with van der Waals surface area (Å²) in [6.07, 6.45) is 5.76. The molecule has 0 heterocycles. The Morgan fingerprint density at radius 3 is 2.47 bits per heavy atom. The summed E-state index contributed by atoms with van der Waals surface area (Å²) in [4.78, 5) is 0.116. The predicted octanol–water partition coefficient (Wildman–Crippen LogP) is 5.28. The van der Waals surface area contributed by atoms with E-state index in [0.29, 0.717) is 0 Å². The second-order valence-corrected chi connectivity index (χ2v) is 6.06. The van der Waals surface area contributed by atoms with E-state index in [4.69, 9.17) is 4.74 Å². The fourth-order valence-corrected chi connectivity index (χ4v) is 2.91. The monoisotopic (exact) mass is 418 g/mol. The summed E-state index contributed by atoms with van der Waals surface area (Å²) in [5.74, 6) is 0.831. The number of ether oxygens (including phenoxy) is 1. The molecule has 1 aliphatic rings. The van der Waals surface area contributed by atoms with E-state index in [9.17, 15) is 0 Å². The van der Waals surface area contributed by atoms with Crippen LogP contribution in [0.1, 0.15) is 0 Å². The summed E-state index contributed by atoms with van der Waals surface area (Å²) in [7, 11) is 0. The number of alkyl halides is 1. The van der Waals surface area contributed by atoms with Crippen molar-refractivity contribution in [3.05, 3.63) is 63.3 Å². The van der Waals surface area contributed by atoms with Crippen molar-refractivity contribution in [1.29, 1.82) is 0 Å². The molecule has 88 valence electrons. The summed E-state index contributed by atoms with van der Waals surface area (Å²) in [6.45, 7) is 0. The first kappa shape index (κ1) is 13.1. The first-order valence-corrected chi connectivity index (χ1v) is 7.48. The summed E-state index contributed by atoms with van der Waals surface area (Å²) >= 11 is 10.6. The van der Waals surface area contributed by atoms with Crippen LogP contribution in [0.5, 0.6) is 5.75 Å². The van der Waals surface area contributed by atoms with Crippen LogP contribution in [0.4, 0.5) is 0 Å². The van der Waals surface area contributed by atoms with Gasteiger partial charge in [-0.3, -0.25) is 0 Å². The van der Waals surface area contributed by atoms with Crippen molar-refractivity contribution in [1.82, 2.24) is 0 Å². The van der Waals surface area contributed by atoms with Crippen LogP contribution in [0.2, 0.25) is 0 Å². The van der Waals surface area contributed by atoms with E-state index in [0.717, 1.165) is 20.3 Å². The zero-order chi connectivity index (χ0) is 12.3. The van der Waals surface area contributed by atoms with E-state index in [1.165, 1.54) is 0 Å². The fourth-order valence-electron chi connectivity index (χ4n) is 1.34. The lowest BCUT2D eigenvalue weighted by Gasteiger charge is -2.16. The van der Waals surface area contributed by atoms with Gasteiger partial charge in [-0.1, -0.05) is 56.1 Å². The Bertz CT molecular complexity index is 489. The van der Waals surface area contributed by atoms with E-state index < -0.39 is 0 Å². The Morgan fingerprint density at radius 2 is 1.76 bits per heavy atom. The maximum atomic E-state index is 5.60. The molecule has 0 radical (unpaired) electrons. The highest BCUT2D eigenvalue weighted by molar-refractivity contribution is 9.15. The number of benzene rings is 1. The van der Waals surface area contributed by atoms with E-state index in [-0.39, 0.29) is 4.83 Å². The molecule has 0 aliphatic heterocycles. The van der Waals surface area contributed by atoms with Crippen molar-refractivity contribution in [2.75, 3.05) is 0 Å². The van der Waals surface area contributed by atoms with E-state index in [2.05, 4.69) is 47.8 Å². The Labute approximate surface area is 126 Å². The Balaban J connectivity index is 2.13. The molecule has 2 rings (SSSR count). The maximum Gasteiger partial charge on any atom is 0.126 e. The second-order valence-electron chi connectivity index (χ2n) is 3.44. The summed E-state index contributed by atoms with van der Waals surface area (Å²) < 4.78 is 7.69. The number of para-hydroxylation sites is 1. The highest BCUT2D eigenvalue weighted by atomic mass is 79.9. The lowest BCUT2D eigenvalue weighted by Crippen LogP contribution is -2.06. The number of allylic oxidation sites excluding steroid dienone is 5. The molecule has 1 atom stereocenters. The van der Waals surface area contributed by atoms with Crippen LogP contribution in [0, 0.1) is 0 Å². The average molecular weight is 421 g/mol. The number of halogens is 3. The van der Waals surface area contributed by atoms with Gasteiger partial charge >= 0.3 is 0 Å². The van der Waals surface area contributed by atoms with Gasteiger partial charge in [0.25, 0.3) is 0 Å². The third-order valence-corrected chi connectivity index (χ3v) is 5.95. The van der Waals surface area contributed by atoms with Crippen molar-refractivity contribution in [2.45, 2.75) is 4.83 Å². The topological polar surface area (TPSA) is 9.23 Å². The van der Waals surface area contributed by atoms with Crippen LogP contribution in [-0.4, -0.2) is 4.83 Å². The molecule has 0 fully saturated rings.